The molecule has 0 atom stereocenters. The Bertz CT molecular complexity index is 1810. The van der Waals surface area contributed by atoms with Gasteiger partial charge in [0.2, 0.25) is 5.13 Å². The van der Waals surface area contributed by atoms with E-state index in [2.05, 4.69) is 64.8 Å². The summed E-state index contributed by atoms with van der Waals surface area (Å²) in [6, 6.07) is 25.9. The number of thiophene rings is 1. The number of azo groups is 3. The number of hydrogen-bond donors (Lipinski definition) is 0. The minimum Gasteiger partial charge on any atom is -0.363 e. The van der Waals surface area contributed by atoms with Crippen LogP contribution in [0.25, 0.3) is 12.2 Å². The number of hydrogen-bond acceptors (Lipinski definition) is 10. The average Bonchev–Trinajstić information content (AvgIpc) is 3.81. The number of anilines is 1. The molecule has 0 N–H and O–H groups in total. The summed E-state index contributed by atoms with van der Waals surface area (Å²) < 4.78 is 0. The molecule has 3 aromatic carbocycles. The highest BCUT2D eigenvalue weighted by Crippen LogP contribution is 2.35. The second-order valence-electron chi connectivity index (χ2n) is 10.1. The molecule has 6 rings (SSSR count). The van der Waals surface area contributed by atoms with Crippen LogP contribution < -0.4 is 4.90 Å². The van der Waals surface area contributed by atoms with Crippen molar-refractivity contribution < 1.29 is 0 Å². The number of benzene rings is 3. The Morgan fingerprint density at radius 2 is 1.35 bits per heavy atom. The van der Waals surface area contributed by atoms with E-state index in [0.29, 0.717) is 5.13 Å². The highest BCUT2D eigenvalue weighted by Gasteiger charge is 2.14. The van der Waals surface area contributed by atoms with Gasteiger partial charge in [0, 0.05) is 24.2 Å². The summed E-state index contributed by atoms with van der Waals surface area (Å²) >= 11 is 3.17. The quantitative estimate of drug-likeness (QED) is 0.157. The van der Waals surface area contributed by atoms with Crippen LogP contribution in [0, 0.1) is 13.8 Å². The molecule has 0 radical (unpaired) electrons. The zero-order valence-corrected chi connectivity index (χ0v) is 25.6. The molecule has 0 saturated carbocycles. The molecule has 214 valence electrons. The highest BCUT2D eigenvalue weighted by atomic mass is 32.1. The van der Waals surface area contributed by atoms with Crippen LogP contribution >= 0.6 is 22.7 Å². The minimum atomic E-state index is 0.608. The van der Waals surface area contributed by atoms with Crippen molar-refractivity contribution >= 4 is 72.7 Å². The lowest BCUT2D eigenvalue weighted by molar-refractivity contribution is 0.949. The van der Waals surface area contributed by atoms with Gasteiger partial charge in [0.05, 0.1) is 27.8 Å². The molecule has 0 bridgehead atoms. The van der Waals surface area contributed by atoms with Crippen molar-refractivity contribution in [2.24, 2.45) is 30.7 Å². The van der Waals surface area contributed by atoms with Gasteiger partial charge in [-0.2, -0.15) is 10.2 Å². The lowest BCUT2D eigenvalue weighted by Gasteiger charge is -2.13. The van der Waals surface area contributed by atoms with Gasteiger partial charge in [0.25, 0.3) is 0 Å². The summed E-state index contributed by atoms with van der Waals surface area (Å²) in [6.45, 7) is 6.24. The van der Waals surface area contributed by atoms with E-state index in [9.17, 15) is 0 Å². The molecule has 10 heteroatoms. The van der Waals surface area contributed by atoms with E-state index in [0.717, 1.165) is 62.4 Å². The van der Waals surface area contributed by atoms with Crippen LogP contribution in [0.2, 0.25) is 0 Å². The van der Waals surface area contributed by atoms with Crippen molar-refractivity contribution in [2.75, 3.05) is 18.0 Å². The summed E-state index contributed by atoms with van der Waals surface area (Å²) in [5.41, 5.74) is 6.16. The van der Waals surface area contributed by atoms with Crippen molar-refractivity contribution in [3.63, 3.8) is 0 Å². The topological polar surface area (TPSA) is 90.3 Å². The Hall–Kier alpha value is -4.67. The van der Waals surface area contributed by atoms with Gasteiger partial charge < -0.3 is 4.90 Å². The van der Waals surface area contributed by atoms with Gasteiger partial charge in [0.15, 0.2) is 0 Å². The van der Waals surface area contributed by atoms with Crippen LogP contribution in [0.3, 0.4) is 0 Å². The van der Waals surface area contributed by atoms with Gasteiger partial charge in [-0.25, -0.2) is 4.98 Å². The number of thiazole rings is 1. The number of rotatable bonds is 9. The maximum Gasteiger partial charge on any atom is 0.230 e. The molecule has 3 heterocycles. The van der Waals surface area contributed by atoms with Gasteiger partial charge in [-0.1, -0.05) is 59.1 Å². The SMILES string of the molecule is Cc1cc(N=Nc2ccc(N3CCCC3)s2)ccc1N=Nc1ccc(N=Nc2ncc(/C=C/c3ccccc3)s2)c(C)c1. The Balaban J connectivity index is 1.06. The van der Waals surface area contributed by atoms with Crippen LogP contribution in [0.4, 0.5) is 37.9 Å². The third-order valence-electron chi connectivity index (χ3n) is 6.89. The van der Waals surface area contributed by atoms with Crippen LogP contribution in [-0.4, -0.2) is 18.1 Å². The average molecular weight is 603 g/mol. The molecular weight excluding hydrogens is 573 g/mol. The zero-order chi connectivity index (χ0) is 29.4. The predicted octanol–water partition coefficient (Wildman–Crippen LogP) is 11.8. The predicted molar refractivity (Wildman–Crippen MR) is 178 cm³/mol. The van der Waals surface area contributed by atoms with E-state index in [1.165, 1.54) is 29.2 Å². The Labute approximate surface area is 258 Å². The fourth-order valence-electron chi connectivity index (χ4n) is 4.57. The molecule has 1 fully saturated rings. The number of aryl methyl sites for hydroxylation is 2. The molecule has 43 heavy (non-hydrogen) atoms. The summed E-state index contributed by atoms with van der Waals surface area (Å²) in [7, 11) is 0. The molecule has 1 aliphatic rings. The van der Waals surface area contributed by atoms with E-state index < -0.39 is 0 Å². The number of aromatic nitrogens is 1. The molecule has 1 aliphatic heterocycles. The smallest absolute Gasteiger partial charge is 0.230 e. The van der Waals surface area contributed by atoms with Gasteiger partial charge >= 0.3 is 0 Å². The molecule has 0 spiro atoms. The lowest BCUT2D eigenvalue weighted by Crippen LogP contribution is -2.15. The van der Waals surface area contributed by atoms with Crippen molar-refractivity contribution in [1.29, 1.82) is 0 Å². The van der Waals surface area contributed by atoms with Crippen molar-refractivity contribution in [1.82, 2.24) is 4.98 Å². The Kier molecular flexibility index (Phi) is 8.96. The Morgan fingerprint density at radius 1 is 0.674 bits per heavy atom. The van der Waals surface area contributed by atoms with Gasteiger partial charge in [-0.05, 0) is 98.0 Å². The summed E-state index contributed by atoms with van der Waals surface area (Å²) in [6.07, 6.45) is 8.42. The molecule has 1 saturated heterocycles. The number of nitrogens with zero attached hydrogens (tertiary/aromatic N) is 8. The third kappa shape index (κ3) is 7.59. The van der Waals surface area contributed by atoms with E-state index in [1.54, 1.807) is 17.5 Å². The normalized spacial score (nSPS) is 14.0. The highest BCUT2D eigenvalue weighted by molar-refractivity contribution is 7.19. The maximum atomic E-state index is 4.47. The second-order valence-corrected chi connectivity index (χ2v) is 12.2. The largest absolute Gasteiger partial charge is 0.363 e. The summed E-state index contributed by atoms with van der Waals surface area (Å²) in [5.74, 6) is 0. The van der Waals surface area contributed by atoms with Crippen LogP contribution in [0.1, 0.15) is 34.4 Å². The molecule has 2 aromatic heterocycles. The van der Waals surface area contributed by atoms with E-state index >= 15 is 0 Å². The van der Waals surface area contributed by atoms with E-state index in [-0.39, 0.29) is 0 Å². The van der Waals surface area contributed by atoms with Crippen molar-refractivity contribution in [3.8, 4) is 0 Å². The maximum absolute atomic E-state index is 4.47. The first kappa shape index (κ1) is 28.4. The van der Waals surface area contributed by atoms with Crippen LogP contribution in [0.5, 0.6) is 0 Å². The molecule has 8 nitrogen and oxygen atoms in total. The van der Waals surface area contributed by atoms with Gasteiger partial charge in [0.1, 0.15) is 5.00 Å². The lowest BCUT2D eigenvalue weighted by atomic mass is 10.2. The van der Waals surface area contributed by atoms with Gasteiger partial charge in [-0.3, -0.25) is 0 Å². The standard InChI is InChI=1S/C33H30N8S2/c1-23-21-27(36-39-31-16-17-32(43-31)41-18-6-7-19-41)12-14-29(23)37-35-26-11-15-30(24(2)20-26)38-40-33-34-22-28(42-33)13-10-25-8-4-3-5-9-25/h3-5,8-17,20-22H,6-7,18-19H2,1-2H3/b13-10+,37-35?,39-36?,40-38?. The third-order valence-corrected chi connectivity index (χ3v) is 8.76. The first-order valence-electron chi connectivity index (χ1n) is 14.1. The Morgan fingerprint density at radius 3 is 2.05 bits per heavy atom. The first-order chi connectivity index (χ1) is 21.1. The molecule has 0 amide bonds. The molecule has 0 aliphatic carbocycles. The zero-order valence-electron chi connectivity index (χ0n) is 24.0. The van der Waals surface area contributed by atoms with Crippen molar-refractivity contribution in [2.45, 2.75) is 26.7 Å². The fraction of sp³-hybridized carbons (Fsp3) is 0.182. The summed E-state index contributed by atoms with van der Waals surface area (Å²) in [4.78, 5) is 7.80. The van der Waals surface area contributed by atoms with Crippen molar-refractivity contribution in [3.05, 3.63) is 107 Å². The van der Waals surface area contributed by atoms with E-state index in [1.807, 2.05) is 80.6 Å². The molecule has 0 unspecified atom stereocenters. The van der Waals surface area contributed by atoms with Crippen LogP contribution in [0.15, 0.2) is 116 Å². The summed E-state index contributed by atoms with van der Waals surface area (Å²) in [5, 5.41) is 29.3. The monoisotopic (exact) mass is 602 g/mol. The van der Waals surface area contributed by atoms with E-state index in [4.69, 9.17) is 0 Å². The first-order valence-corrected chi connectivity index (χ1v) is 15.7. The molecule has 5 aromatic rings. The van der Waals surface area contributed by atoms with Crippen LogP contribution in [-0.2, 0) is 0 Å². The molecular formula is C33H30N8S2. The fourth-order valence-corrected chi connectivity index (χ4v) is 6.08. The second kappa shape index (κ2) is 13.5. The van der Waals surface area contributed by atoms with Gasteiger partial charge in [-0.15, -0.1) is 20.5 Å². The minimum absolute atomic E-state index is 0.608.